The van der Waals surface area contributed by atoms with Crippen molar-refractivity contribution in [2.45, 2.75) is 39.2 Å². The van der Waals surface area contributed by atoms with Crippen molar-refractivity contribution in [1.29, 1.82) is 0 Å². The van der Waals surface area contributed by atoms with Crippen LogP contribution in [0.1, 0.15) is 32.2 Å². The summed E-state index contributed by atoms with van der Waals surface area (Å²) in [6, 6.07) is 1.91. The van der Waals surface area contributed by atoms with Gasteiger partial charge in [0.25, 0.3) is 0 Å². The molecule has 4 heteroatoms. The normalized spacial score (nSPS) is 11.8. The highest BCUT2D eigenvalue weighted by molar-refractivity contribution is 5.87. The quantitative estimate of drug-likeness (QED) is 0.802. The monoisotopic (exact) mass is 210 g/mol. The van der Waals surface area contributed by atoms with Crippen molar-refractivity contribution in [2.75, 3.05) is 0 Å². The summed E-state index contributed by atoms with van der Waals surface area (Å²) in [6.45, 7) is 5.03. The maximum absolute atomic E-state index is 11.6. The Morgan fingerprint density at radius 1 is 1.60 bits per heavy atom. The highest BCUT2D eigenvalue weighted by atomic mass is 16.3. The third-order valence-corrected chi connectivity index (χ3v) is 2.41. The molecule has 1 heterocycles. The minimum Gasteiger partial charge on any atom is -0.383 e. The lowest BCUT2D eigenvalue weighted by Crippen LogP contribution is -2.33. The van der Waals surface area contributed by atoms with E-state index in [1.165, 1.54) is 13.8 Å². The zero-order chi connectivity index (χ0) is 11.6. The molecule has 1 N–H and O–H groups in total. The van der Waals surface area contributed by atoms with E-state index in [2.05, 4.69) is 5.10 Å². The van der Waals surface area contributed by atoms with Gasteiger partial charge in [-0.25, -0.2) is 0 Å². The van der Waals surface area contributed by atoms with E-state index in [0.29, 0.717) is 0 Å². The molecule has 0 amide bonds. The SMILES string of the molecule is CCc1cc(CC(=O)C(C)(C)O)n(C)n1. The van der Waals surface area contributed by atoms with E-state index in [0.717, 1.165) is 17.8 Å². The molecule has 0 unspecified atom stereocenters. The maximum Gasteiger partial charge on any atom is 0.169 e. The fourth-order valence-corrected chi connectivity index (χ4v) is 1.29. The summed E-state index contributed by atoms with van der Waals surface area (Å²) in [5.41, 5.74) is 0.548. The van der Waals surface area contributed by atoms with Crippen molar-refractivity contribution >= 4 is 5.78 Å². The number of aliphatic hydroxyl groups is 1. The molecule has 0 saturated heterocycles. The van der Waals surface area contributed by atoms with Gasteiger partial charge in [0, 0.05) is 12.7 Å². The Morgan fingerprint density at radius 2 is 2.20 bits per heavy atom. The van der Waals surface area contributed by atoms with Crippen molar-refractivity contribution in [1.82, 2.24) is 9.78 Å². The second-order valence-electron chi connectivity index (χ2n) is 4.26. The van der Waals surface area contributed by atoms with Gasteiger partial charge in [-0.2, -0.15) is 5.10 Å². The maximum atomic E-state index is 11.6. The molecule has 0 aliphatic rings. The summed E-state index contributed by atoms with van der Waals surface area (Å²) >= 11 is 0. The van der Waals surface area contributed by atoms with E-state index in [1.807, 2.05) is 20.0 Å². The largest absolute Gasteiger partial charge is 0.383 e. The van der Waals surface area contributed by atoms with Gasteiger partial charge in [0.1, 0.15) is 5.60 Å². The van der Waals surface area contributed by atoms with E-state index in [1.54, 1.807) is 4.68 Å². The minimum absolute atomic E-state index is 0.187. The number of rotatable bonds is 4. The molecule has 1 rings (SSSR count). The molecule has 0 radical (unpaired) electrons. The molecule has 0 atom stereocenters. The van der Waals surface area contributed by atoms with Crippen LogP contribution in [0.3, 0.4) is 0 Å². The number of aromatic nitrogens is 2. The van der Waals surface area contributed by atoms with Crippen LogP contribution in [0.4, 0.5) is 0 Å². The van der Waals surface area contributed by atoms with Gasteiger partial charge in [0.2, 0.25) is 0 Å². The predicted molar refractivity (Wildman–Crippen MR) is 57.6 cm³/mol. The Morgan fingerprint density at radius 3 is 2.60 bits per heavy atom. The number of nitrogens with zero attached hydrogens (tertiary/aromatic N) is 2. The molecule has 0 fully saturated rings. The zero-order valence-electron chi connectivity index (χ0n) is 9.74. The van der Waals surface area contributed by atoms with Crippen LogP contribution in [0.15, 0.2) is 6.07 Å². The molecule has 1 aromatic rings. The molecule has 1 aromatic heterocycles. The third kappa shape index (κ3) is 2.89. The molecule has 84 valence electrons. The lowest BCUT2D eigenvalue weighted by molar-refractivity contribution is -0.133. The highest BCUT2D eigenvalue weighted by Crippen LogP contribution is 2.10. The van der Waals surface area contributed by atoms with Gasteiger partial charge in [-0.05, 0) is 26.3 Å². The zero-order valence-corrected chi connectivity index (χ0v) is 9.74. The first-order valence-electron chi connectivity index (χ1n) is 5.12. The van der Waals surface area contributed by atoms with E-state index in [9.17, 15) is 9.90 Å². The smallest absolute Gasteiger partial charge is 0.169 e. The van der Waals surface area contributed by atoms with Crippen molar-refractivity contribution in [2.24, 2.45) is 7.05 Å². The second-order valence-corrected chi connectivity index (χ2v) is 4.26. The summed E-state index contributed by atoms with van der Waals surface area (Å²) < 4.78 is 1.70. The van der Waals surface area contributed by atoms with Gasteiger partial charge >= 0.3 is 0 Å². The summed E-state index contributed by atoms with van der Waals surface area (Å²) in [4.78, 5) is 11.6. The molecule has 0 bridgehead atoms. The number of Topliss-reactive ketones (excluding diaryl/α,β-unsaturated/α-hetero) is 1. The fraction of sp³-hybridized carbons (Fsp3) is 0.636. The summed E-state index contributed by atoms with van der Waals surface area (Å²) in [5, 5.41) is 13.8. The van der Waals surface area contributed by atoms with E-state index in [-0.39, 0.29) is 12.2 Å². The topological polar surface area (TPSA) is 55.1 Å². The Bertz CT molecular complexity index is 361. The molecule has 0 saturated carbocycles. The Kier molecular flexibility index (Phi) is 3.29. The minimum atomic E-state index is -1.27. The van der Waals surface area contributed by atoms with E-state index >= 15 is 0 Å². The average Bonchev–Trinajstić information content (AvgIpc) is 2.45. The van der Waals surface area contributed by atoms with Crippen LogP contribution in [0.25, 0.3) is 0 Å². The van der Waals surface area contributed by atoms with Gasteiger partial charge in [-0.3, -0.25) is 9.48 Å². The van der Waals surface area contributed by atoms with Crippen LogP contribution in [0, 0.1) is 0 Å². The number of ketones is 1. The molecule has 0 aromatic carbocycles. The van der Waals surface area contributed by atoms with Crippen LogP contribution in [0.5, 0.6) is 0 Å². The molecule has 0 spiro atoms. The van der Waals surface area contributed by atoms with E-state index in [4.69, 9.17) is 0 Å². The van der Waals surface area contributed by atoms with Crippen LogP contribution in [0.2, 0.25) is 0 Å². The van der Waals surface area contributed by atoms with Gasteiger partial charge in [0.05, 0.1) is 12.1 Å². The van der Waals surface area contributed by atoms with E-state index < -0.39 is 5.60 Å². The summed E-state index contributed by atoms with van der Waals surface area (Å²) in [6.07, 6.45) is 1.08. The second kappa shape index (κ2) is 4.14. The molecule has 15 heavy (non-hydrogen) atoms. The third-order valence-electron chi connectivity index (χ3n) is 2.41. The van der Waals surface area contributed by atoms with Crippen LogP contribution >= 0.6 is 0 Å². The summed E-state index contributed by atoms with van der Waals surface area (Å²) in [5.74, 6) is -0.187. The molecule has 0 aliphatic carbocycles. The first-order valence-corrected chi connectivity index (χ1v) is 5.12. The van der Waals surface area contributed by atoms with Crippen LogP contribution < -0.4 is 0 Å². The van der Waals surface area contributed by atoms with Gasteiger partial charge in [-0.1, -0.05) is 6.92 Å². The van der Waals surface area contributed by atoms with Crippen molar-refractivity contribution < 1.29 is 9.90 Å². The number of hydrogen-bond donors (Lipinski definition) is 1. The van der Waals surface area contributed by atoms with Gasteiger partial charge in [0.15, 0.2) is 5.78 Å². The number of hydrogen-bond acceptors (Lipinski definition) is 3. The standard InChI is InChI=1S/C11H18N2O2/c1-5-8-6-9(13(4)12-8)7-10(14)11(2,3)15/h6,15H,5,7H2,1-4H3. The Hall–Kier alpha value is -1.16. The number of aryl methyl sites for hydroxylation is 2. The molecule has 0 aliphatic heterocycles. The van der Waals surface area contributed by atoms with Gasteiger partial charge < -0.3 is 5.11 Å². The molecular weight excluding hydrogens is 192 g/mol. The van der Waals surface area contributed by atoms with Crippen LogP contribution in [-0.2, 0) is 24.7 Å². The van der Waals surface area contributed by atoms with Crippen LogP contribution in [-0.4, -0.2) is 26.3 Å². The average molecular weight is 210 g/mol. The first-order chi connectivity index (χ1) is 6.84. The lowest BCUT2D eigenvalue weighted by Gasteiger charge is -2.14. The van der Waals surface area contributed by atoms with Crippen molar-refractivity contribution in [3.8, 4) is 0 Å². The fourth-order valence-electron chi connectivity index (χ4n) is 1.29. The lowest BCUT2D eigenvalue weighted by atomic mass is 9.99. The predicted octanol–water partition coefficient (Wildman–Crippen LogP) is 0.865. The highest BCUT2D eigenvalue weighted by Gasteiger charge is 2.24. The Labute approximate surface area is 89.9 Å². The molecule has 4 nitrogen and oxygen atoms in total. The Balaban J connectivity index is 2.81. The number of carbonyl (C=O) groups is 1. The van der Waals surface area contributed by atoms with Crippen molar-refractivity contribution in [3.63, 3.8) is 0 Å². The molecular formula is C11H18N2O2. The van der Waals surface area contributed by atoms with Gasteiger partial charge in [-0.15, -0.1) is 0 Å². The first kappa shape index (κ1) is 11.9. The number of carbonyl (C=O) groups excluding carboxylic acids is 1. The summed E-state index contributed by atoms with van der Waals surface area (Å²) in [7, 11) is 1.81. The van der Waals surface area contributed by atoms with Crippen molar-refractivity contribution in [3.05, 3.63) is 17.5 Å².